The molecule has 100 valence electrons. The van der Waals surface area contributed by atoms with Crippen molar-refractivity contribution < 1.29 is 9.13 Å². The Bertz CT molecular complexity index is 403. The summed E-state index contributed by atoms with van der Waals surface area (Å²) in [6, 6.07) is 4.63. The second kappa shape index (κ2) is 6.36. The van der Waals surface area contributed by atoms with Crippen LogP contribution in [0.1, 0.15) is 12.8 Å². The molecule has 1 aliphatic heterocycles. The molecule has 0 radical (unpaired) electrons. The Balaban J connectivity index is 1.81. The average Bonchev–Trinajstić information content (AvgIpc) is 2.79. The molecular formula is C13H18ClFN2O. The predicted molar refractivity (Wildman–Crippen MR) is 70.6 cm³/mol. The van der Waals surface area contributed by atoms with Gasteiger partial charge in [0.2, 0.25) is 0 Å². The van der Waals surface area contributed by atoms with Crippen molar-refractivity contribution in [1.29, 1.82) is 0 Å². The van der Waals surface area contributed by atoms with E-state index in [-0.39, 0.29) is 5.82 Å². The molecule has 2 N–H and O–H groups in total. The van der Waals surface area contributed by atoms with Crippen molar-refractivity contribution in [2.24, 2.45) is 5.73 Å². The normalized spacial score (nSPS) is 20.3. The van der Waals surface area contributed by atoms with Crippen LogP contribution in [0.3, 0.4) is 0 Å². The van der Waals surface area contributed by atoms with Crippen LogP contribution in [-0.2, 0) is 0 Å². The van der Waals surface area contributed by atoms with Crippen molar-refractivity contribution in [3.8, 4) is 5.75 Å². The van der Waals surface area contributed by atoms with Crippen LogP contribution in [0.25, 0.3) is 0 Å². The van der Waals surface area contributed by atoms with Gasteiger partial charge in [-0.3, -0.25) is 4.90 Å². The van der Waals surface area contributed by atoms with Crippen molar-refractivity contribution >= 4 is 11.6 Å². The van der Waals surface area contributed by atoms with Gasteiger partial charge >= 0.3 is 0 Å². The summed E-state index contributed by atoms with van der Waals surface area (Å²) in [6.07, 6.45) is 2.35. The molecule has 1 unspecified atom stereocenters. The highest BCUT2D eigenvalue weighted by Gasteiger charge is 2.22. The minimum atomic E-state index is -0.352. The molecule has 1 heterocycles. The number of hydrogen-bond acceptors (Lipinski definition) is 3. The first-order valence-corrected chi connectivity index (χ1v) is 6.60. The lowest BCUT2D eigenvalue weighted by molar-refractivity contribution is 0.199. The topological polar surface area (TPSA) is 38.5 Å². The minimum Gasteiger partial charge on any atom is -0.491 e. The van der Waals surface area contributed by atoms with E-state index in [1.54, 1.807) is 6.07 Å². The van der Waals surface area contributed by atoms with Crippen LogP contribution < -0.4 is 10.5 Å². The molecule has 0 saturated carbocycles. The van der Waals surface area contributed by atoms with Gasteiger partial charge in [-0.05, 0) is 37.6 Å². The lowest BCUT2D eigenvalue weighted by atomic mass is 10.2. The number of benzene rings is 1. The molecular weight excluding hydrogens is 255 g/mol. The summed E-state index contributed by atoms with van der Waals surface area (Å²) >= 11 is 5.88. The first-order chi connectivity index (χ1) is 8.70. The van der Waals surface area contributed by atoms with Gasteiger partial charge in [0.25, 0.3) is 0 Å². The number of halogens is 2. The maximum Gasteiger partial charge on any atom is 0.138 e. The second-order valence-corrected chi connectivity index (χ2v) is 4.90. The lowest BCUT2D eigenvalue weighted by Crippen LogP contribution is -2.37. The van der Waals surface area contributed by atoms with Gasteiger partial charge in [-0.25, -0.2) is 4.39 Å². The Hall–Kier alpha value is -0.840. The molecule has 0 spiro atoms. The van der Waals surface area contributed by atoms with Crippen molar-refractivity contribution in [2.45, 2.75) is 18.9 Å². The van der Waals surface area contributed by atoms with Crippen LogP contribution in [0.4, 0.5) is 4.39 Å². The second-order valence-electron chi connectivity index (χ2n) is 4.49. The zero-order valence-electron chi connectivity index (χ0n) is 10.2. The summed E-state index contributed by atoms with van der Waals surface area (Å²) in [5.41, 5.74) is 5.70. The van der Waals surface area contributed by atoms with Crippen molar-refractivity contribution in [3.63, 3.8) is 0 Å². The summed E-state index contributed by atoms with van der Waals surface area (Å²) < 4.78 is 18.4. The van der Waals surface area contributed by atoms with E-state index in [4.69, 9.17) is 22.1 Å². The maximum atomic E-state index is 12.9. The standard InChI is InChI=1S/C13H18ClFN2O/c14-12-8-10(15)3-4-13(12)18-7-6-17-5-1-2-11(17)9-16/h3-4,8,11H,1-2,5-7,9,16H2. The monoisotopic (exact) mass is 272 g/mol. The van der Waals surface area contributed by atoms with E-state index in [0.29, 0.717) is 30.0 Å². The first-order valence-electron chi connectivity index (χ1n) is 6.22. The molecule has 0 aromatic heterocycles. The highest BCUT2D eigenvalue weighted by molar-refractivity contribution is 6.32. The Morgan fingerprint density at radius 1 is 1.50 bits per heavy atom. The van der Waals surface area contributed by atoms with E-state index in [9.17, 15) is 4.39 Å². The van der Waals surface area contributed by atoms with Crippen molar-refractivity contribution in [1.82, 2.24) is 4.90 Å². The zero-order valence-corrected chi connectivity index (χ0v) is 11.0. The summed E-state index contributed by atoms with van der Waals surface area (Å²) in [5.74, 6) is 0.177. The summed E-state index contributed by atoms with van der Waals surface area (Å²) in [4.78, 5) is 2.33. The van der Waals surface area contributed by atoms with E-state index in [2.05, 4.69) is 4.90 Å². The Labute approximate surface area is 112 Å². The molecule has 0 aliphatic carbocycles. The highest BCUT2D eigenvalue weighted by Crippen LogP contribution is 2.25. The van der Waals surface area contributed by atoms with Gasteiger partial charge in [-0.1, -0.05) is 11.6 Å². The Morgan fingerprint density at radius 2 is 2.33 bits per heavy atom. The van der Waals surface area contributed by atoms with E-state index >= 15 is 0 Å². The highest BCUT2D eigenvalue weighted by atomic mass is 35.5. The van der Waals surface area contributed by atoms with Gasteiger partial charge in [-0.15, -0.1) is 0 Å². The molecule has 1 aromatic rings. The van der Waals surface area contributed by atoms with Crippen LogP contribution in [0.2, 0.25) is 5.02 Å². The molecule has 1 saturated heterocycles. The number of likely N-dealkylation sites (tertiary alicyclic amines) is 1. The third-order valence-corrected chi connectivity index (χ3v) is 3.60. The molecule has 1 atom stereocenters. The zero-order chi connectivity index (χ0) is 13.0. The smallest absolute Gasteiger partial charge is 0.138 e. The number of nitrogens with zero attached hydrogens (tertiary/aromatic N) is 1. The molecule has 1 fully saturated rings. The largest absolute Gasteiger partial charge is 0.491 e. The molecule has 1 aromatic carbocycles. The molecule has 0 amide bonds. The summed E-state index contributed by atoms with van der Waals surface area (Å²) in [6.45, 7) is 3.14. The summed E-state index contributed by atoms with van der Waals surface area (Å²) in [7, 11) is 0. The lowest BCUT2D eigenvalue weighted by Gasteiger charge is -2.23. The molecule has 5 heteroatoms. The van der Waals surface area contributed by atoms with Gasteiger partial charge in [-0.2, -0.15) is 0 Å². The molecule has 0 bridgehead atoms. The van der Waals surface area contributed by atoms with Crippen LogP contribution in [0.15, 0.2) is 18.2 Å². The SMILES string of the molecule is NCC1CCCN1CCOc1ccc(F)cc1Cl. The molecule has 3 nitrogen and oxygen atoms in total. The fourth-order valence-corrected chi connectivity index (χ4v) is 2.54. The number of rotatable bonds is 5. The molecule has 1 aliphatic rings. The van der Waals surface area contributed by atoms with Crippen LogP contribution in [0.5, 0.6) is 5.75 Å². The van der Waals surface area contributed by atoms with E-state index in [1.165, 1.54) is 18.6 Å². The summed E-state index contributed by atoms with van der Waals surface area (Å²) in [5, 5.41) is 0.312. The minimum absolute atomic E-state index is 0.312. The molecule has 2 rings (SSSR count). The quantitative estimate of drug-likeness (QED) is 0.894. The molecule has 18 heavy (non-hydrogen) atoms. The van der Waals surface area contributed by atoms with Crippen molar-refractivity contribution in [2.75, 3.05) is 26.2 Å². The Morgan fingerprint density at radius 3 is 3.06 bits per heavy atom. The fraction of sp³-hybridized carbons (Fsp3) is 0.538. The van der Waals surface area contributed by atoms with Gasteiger partial charge in [0.1, 0.15) is 18.2 Å². The van der Waals surface area contributed by atoms with E-state index in [0.717, 1.165) is 19.5 Å². The first kappa shape index (κ1) is 13.6. The average molecular weight is 273 g/mol. The Kier molecular flexibility index (Phi) is 4.80. The number of hydrogen-bond donors (Lipinski definition) is 1. The van der Waals surface area contributed by atoms with Crippen LogP contribution in [-0.4, -0.2) is 37.2 Å². The van der Waals surface area contributed by atoms with Gasteiger partial charge in [0.05, 0.1) is 5.02 Å². The van der Waals surface area contributed by atoms with E-state index in [1.807, 2.05) is 0 Å². The van der Waals surface area contributed by atoms with Gasteiger partial charge in [0, 0.05) is 19.1 Å². The van der Waals surface area contributed by atoms with Crippen LogP contribution in [0, 0.1) is 5.82 Å². The van der Waals surface area contributed by atoms with Gasteiger partial charge in [0.15, 0.2) is 0 Å². The predicted octanol–water partition coefficient (Wildman–Crippen LogP) is 2.28. The maximum absolute atomic E-state index is 12.9. The van der Waals surface area contributed by atoms with Gasteiger partial charge < -0.3 is 10.5 Å². The third kappa shape index (κ3) is 3.34. The third-order valence-electron chi connectivity index (χ3n) is 3.30. The number of ether oxygens (including phenoxy) is 1. The van der Waals surface area contributed by atoms with E-state index < -0.39 is 0 Å². The van der Waals surface area contributed by atoms with Crippen LogP contribution >= 0.6 is 11.6 Å². The fourth-order valence-electron chi connectivity index (χ4n) is 2.32. The van der Waals surface area contributed by atoms with Crippen molar-refractivity contribution in [3.05, 3.63) is 29.0 Å². The number of nitrogens with two attached hydrogens (primary N) is 1.